The van der Waals surface area contributed by atoms with Crippen LogP contribution < -0.4 is 9.97 Å². The third kappa shape index (κ3) is 10.9. The average molecular weight is 1140 g/mol. The number of benzene rings is 5. The van der Waals surface area contributed by atoms with Crippen molar-refractivity contribution >= 4 is 74.6 Å². The van der Waals surface area contributed by atoms with Crippen molar-refractivity contribution in [3.05, 3.63) is 192 Å². The van der Waals surface area contributed by atoms with Gasteiger partial charge in [-0.2, -0.15) is 0 Å². The van der Waals surface area contributed by atoms with Gasteiger partial charge < -0.3 is 9.97 Å². The number of halogens is 1. The second-order valence-corrected chi connectivity index (χ2v) is 21.8. The maximum Gasteiger partial charge on any atom is 2.00 e. The first-order valence-electron chi connectivity index (χ1n) is 25.5. The predicted octanol–water partition coefficient (Wildman–Crippen LogP) is 17.1. The normalized spacial score (nSPS) is 12.0. The van der Waals surface area contributed by atoms with Crippen LogP contribution in [0.25, 0.3) is 90.9 Å². The van der Waals surface area contributed by atoms with Crippen LogP contribution in [0.4, 0.5) is 5.69 Å². The number of hydrogen-bond acceptors (Lipinski definition) is 4. The molecule has 7 nitrogen and oxygen atoms in total. The molecule has 0 saturated carbocycles. The van der Waals surface area contributed by atoms with E-state index in [1.807, 2.05) is 11.1 Å². The van der Waals surface area contributed by atoms with Gasteiger partial charge in [0.05, 0.1) is 28.5 Å². The summed E-state index contributed by atoms with van der Waals surface area (Å²) in [5, 5.41) is 11.1. The Morgan fingerprint density at radius 2 is 0.893 bits per heavy atom. The van der Waals surface area contributed by atoms with Crippen molar-refractivity contribution in [1.29, 1.82) is 0 Å². The Balaban J connectivity index is 0.00000689. The van der Waals surface area contributed by atoms with Gasteiger partial charge in [-0.05, 0) is 222 Å². The minimum absolute atomic E-state index is 0. The quantitative estimate of drug-likeness (QED) is 0.0498. The van der Waals surface area contributed by atoms with Gasteiger partial charge in [-0.1, -0.05) is 122 Å². The van der Waals surface area contributed by atoms with E-state index in [4.69, 9.17) is 19.9 Å². The van der Waals surface area contributed by atoms with E-state index in [0.29, 0.717) is 0 Å². The van der Waals surface area contributed by atoms with E-state index in [9.17, 15) is 0 Å². The molecule has 0 N–H and O–H groups in total. The molecule has 0 radical (unpaired) electrons. The van der Waals surface area contributed by atoms with E-state index in [0.717, 1.165) is 128 Å². The van der Waals surface area contributed by atoms with E-state index in [1.165, 1.54) is 33.4 Å². The molecular weight excluding hydrogens is 1080 g/mol. The molecule has 0 fully saturated rings. The molecule has 376 valence electrons. The number of aryl methyl sites for hydroxylation is 6. The molecule has 8 bridgehead atoms. The molecule has 9 heteroatoms. The zero-order valence-electron chi connectivity index (χ0n) is 44.5. The molecule has 2 aliphatic rings. The first kappa shape index (κ1) is 52.7. The molecule has 0 aliphatic carbocycles. The van der Waals surface area contributed by atoms with Crippen LogP contribution in [-0.2, 0) is 21.9 Å². The van der Waals surface area contributed by atoms with Crippen LogP contribution in [-0.4, -0.2) is 28.1 Å². The van der Waals surface area contributed by atoms with Crippen LogP contribution >= 0.6 is 22.6 Å². The minimum Gasteiger partial charge on any atom is -0.657 e. The Labute approximate surface area is 465 Å². The molecule has 75 heavy (non-hydrogen) atoms. The first-order valence-corrected chi connectivity index (χ1v) is 26.6. The van der Waals surface area contributed by atoms with Crippen molar-refractivity contribution in [3.63, 3.8) is 0 Å². The maximum absolute atomic E-state index is 5.58. The summed E-state index contributed by atoms with van der Waals surface area (Å²) in [6.07, 6.45) is 8.57. The van der Waals surface area contributed by atoms with Crippen LogP contribution in [0.2, 0.25) is 0 Å². The fourth-order valence-electron chi connectivity index (χ4n) is 10.5. The van der Waals surface area contributed by atoms with E-state index in [-0.39, 0.29) is 21.9 Å². The molecule has 0 amide bonds. The molecule has 2 aliphatic heterocycles. The smallest absolute Gasteiger partial charge is 0.657 e. The molecule has 5 heterocycles. The van der Waals surface area contributed by atoms with Gasteiger partial charge in [0.25, 0.3) is 0 Å². The second-order valence-electron chi connectivity index (χ2n) is 20.6. The van der Waals surface area contributed by atoms with Gasteiger partial charge in [-0.15, -0.1) is 27.2 Å². The van der Waals surface area contributed by atoms with Gasteiger partial charge in [-0.3, -0.25) is 5.01 Å². The summed E-state index contributed by atoms with van der Waals surface area (Å²) in [7, 11) is 0. The van der Waals surface area contributed by atoms with E-state index in [1.54, 1.807) is 0 Å². The topological polar surface area (TPSA) is 81.9 Å². The predicted molar refractivity (Wildman–Crippen MR) is 318 cm³/mol. The molecular formula is C66H60IN7Ni. The molecule has 5 aromatic carbocycles. The minimum atomic E-state index is -0.0918. The van der Waals surface area contributed by atoms with E-state index < -0.39 is 0 Å². The van der Waals surface area contributed by atoms with Gasteiger partial charge in [0.2, 0.25) is 0 Å². The Morgan fingerprint density at radius 1 is 0.493 bits per heavy atom. The van der Waals surface area contributed by atoms with Gasteiger partial charge in [0.15, 0.2) is 0 Å². The zero-order valence-corrected chi connectivity index (χ0v) is 47.7. The van der Waals surface area contributed by atoms with Crippen molar-refractivity contribution in [3.8, 4) is 56.3 Å². The molecule has 3 aromatic heterocycles. The third-order valence-electron chi connectivity index (χ3n) is 13.9. The Hall–Kier alpha value is -7.12. The van der Waals surface area contributed by atoms with Crippen molar-refractivity contribution in [2.24, 2.45) is 10.3 Å². The van der Waals surface area contributed by atoms with Crippen molar-refractivity contribution in [2.45, 2.75) is 81.6 Å². The Bertz CT molecular complexity index is 3770. The first-order chi connectivity index (χ1) is 35.5. The molecule has 0 spiro atoms. The summed E-state index contributed by atoms with van der Waals surface area (Å²) in [5.41, 5.74) is 25.6. The van der Waals surface area contributed by atoms with Crippen molar-refractivity contribution < 1.29 is 16.5 Å². The number of hydrogen-bond donors (Lipinski definition) is 0. The number of nitrogens with zero attached hydrogens (tertiary/aromatic N) is 7. The summed E-state index contributed by atoms with van der Waals surface area (Å²) < 4.78 is 1.16. The largest absolute Gasteiger partial charge is 2.00 e. The van der Waals surface area contributed by atoms with E-state index in [2.05, 4.69) is 254 Å². The van der Waals surface area contributed by atoms with Gasteiger partial charge in [0, 0.05) is 27.8 Å². The average Bonchev–Trinajstić information content (AvgIpc) is 4.23. The molecule has 10 rings (SSSR count). The van der Waals surface area contributed by atoms with Crippen LogP contribution in [0, 0.1) is 57.0 Å². The van der Waals surface area contributed by atoms with Crippen LogP contribution in [0.5, 0.6) is 0 Å². The van der Waals surface area contributed by atoms with Gasteiger partial charge >= 0.3 is 16.5 Å². The Kier molecular flexibility index (Phi) is 15.2. The number of fused-ring (bicyclic) bond motifs is 8. The summed E-state index contributed by atoms with van der Waals surface area (Å²) in [4.78, 5) is 22.2. The maximum atomic E-state index is 5.58. The summed E-state index contributed by atoms with van der Waals surface area (Å²) in [6.45, 7) is 25.4. The Morgan fingerprint density at radius 3 is 1.32 bits per heavy atom. The molecule has 0 saturated heterocycles. The molecule has 0 atom stereocenters. The second kappa shape index (κ2) is 21.6. The van der Waals surface area contributed by atoms with E-state index >= 15 is 0 Å². The van der Waals surface area contributed by atoms with Crippen LogP contribution in [0.1, 0.15) is 107 Å². The fourth-order valence-corrected chi connectivity index (χ4v) is 10.8. The number of aromatic nitrogens is 4. The van der Waals surface area contributed by atoms with Crippen LogP contribution in [0.15, 0.2) is 126 Å². The fraction of sp³-hybridized carbons (Fsp3) is 0.212. The summed E-state index contributed by atoms with van der Waals surface area (Å²) in [6, 6.07) is 41.0. The van der Waals surface area contributed by atoms with Gasteiger partial charge in [0.1, 0.15) is 0 Å². The molecule has 8 aromatic rings. The SMILES string of the molecule is CCN(CC)N=Nc1cc(C#Cc2ccc(-c3c4nc(c(-c5c(C)cc(C)cc5C)c5ccc([n-]5)c(-c5ccc(I)cc5)c5nc(c(-c6c(C)cc(C)cc6C)c6ccc3[n-]6)C=C5)C=C4)cc2)cc(C(C)(C)C)c1.[Ni+2]. The summed E-state index contributed by atoms with van der Waals surface area (Å²) in [5.74, 6) is 6.93. The molecule has 0 unspecified atom stereocenters. The standard InChI is InChI=1S/C66H60IN7.Ni/c1-12-74(13-2)73-72-51-37-46(36-49(38-51)66(9,10)11)15-14-45-16-18-47(19-17-45)62-52-24-28-56(68-52)64(60-41(5)32-39(3)33-42(60)6)58-30-26-54(70-58)63(48-20-22-50(67)23-21-48)55-27-31-59(71-55)65(57-29-25-53(62)69-57)61-43(7)34-40(4)35-44(61)8;/h16-38H,12-13H2,1-11H3;/q-2;+2. The van der Waals surface area contributed by atoms with Crippen LogP contribution in [0.3, 0.4) is 0 Å². The third-order valence-corrected chi connectivity index (χ3v) is 14.6. The van der Waals surface area contributed by atoms with Crippen molar-refractivity contribution in [2.75, 3.05) is 13.1 Å². The monoisotopic (exact) mass is 1140 g/mol. The summed E-state index contributed by atoms with van der Waals surface area (Å²) >= 11 is 2.37. The van der Waals surface area contributed by atoms with Crippen molar-refractivity contribution in [1.82, 2.24) is 24.9 Å². The van der Waals surface area contributed by atoms with Gasteiger partial charge in [-0.25, -0.2) is 9.97 Å². The number of rotatable bonds is 8. The zero-order chi connectivity index (χ0) is 52.0.